The van der Waals surface area contributed by atoms with Gasteiger partial charge in [-0.3, -0.25) is 9.59 Å². The minimum atomic E-state index is -0.849. The standard InChI is InChI=1S/C19H17N3O3/c23-11-19(10-9-12-5-1-3-7-14(12)19)22-18(25)16-20-15-8-4-2-6-13(15)17(24)21-16/h1-8,23H,9-11H2,(H,22,25)(H,20,21,24). The van der Waals surface area contributed by atoms with Gasteiger partial charge in [-0.2, -0.15) is 0 Å². The number of fused-ring (bicyclic) bond motifs is 2. The van der Waals surface area contributed by atoms with Crippen molar-refractivity contribution in [1.29, 1.82) is 0 Å². The molecule has 3 N–H and O–H groups in total. The molecule has 4 rings (SSSR count). The van der Waals surface area contributed by atoms with Crippen molar-refractivity contribution in [2.75, 3.05) is 6.61 Å². The maximum absolute atomic E-state index is 12.7. The second kappa shape index (κ2) is 5.82. The number of para-hydroxylation sites is 1. The predicted octanol–water partition coefficient (Wildman–Crippen LogP) is 1.49. The lowest BCUT2D eigenvalue weighted by Crippen LogP contribution is -2.48. The number of benzene rings is 2. The van der Waals surface area contributed by atoms with Crippen molar-refractivity contribution in [1.82, 2.24) is 15.3 Å². The fourth-order valence-corrected chi connectivity index (χ4v) is 3.49. The Labute approximate surface area is 143 Å². The fraction of sp³-hybridized carbons (Fsp3) is 0.211. The molecular formula is C19H17N3O3. The van der Waals surface area contributed by atoms with E-state index < -0.39 is 11.4 Å². The molecule has 0 fully saturated rings. The third kappa shape index (κ3) is 2.51. The summed E-state index contributed by atoms with van der Waals surface area (Å²) in [6.07, 6.45) is 1.38. The minimum absolute atomic E-state index is 0.0547. The molecule has 6 nitrogen and oxygen atoms in total. The van der Waals surface area contributed by atoms with Crippen LogP contribution in [0.4, 0.5) is 0 Å². The summed E-state index contributed by atoms with van der Waals surface area (Å²) >= 11 is 0. The lowest BCUT2D eigenvalue weighted by molar-refractivity contribution is 0.0818. The van der Waals surface area contributed by atoms with E-state index in [2.05, 4.69) is 15.3 Å². The van der Waals surface area contributed by atoms with Gasteiger partial charge in [-0.1, -0.05) is 36.4 Å². The molecule has 0 saturated heterocycles. The van der Waals surface area contributed by atoms with E-state index in [-0.39, 0.29) is 18.0 Å². The Balaban J connectivity index is 1.72. The normalized spacial score (nSPS) is 18.9. The highest BCUT2D eigenvalue weighted by Crippen LogP contribution is 2.36. The van der Waals surface area contributed by atoms with Crippen LogP contribution in [-0.2, 0) is 12.0 Å². The largest absolute Gasteiger partial charge is 0.394 e. The van der Waals surface area contributed by atoms with Gasteiger partial charge < -0.3 is 15.4 Å². The first-order chi connectivity index (χ1) is 12.1. The van der Waals surface area contributed by atoms with Crippen molar-refractivity contribution in [2.45, 2.75) is 18.4 Å². The zero-order chi connectivity index (χ0) is 17.4. The number of amides is 1. The second-order valence-electron chi connectivity index (χ2n) is 6.28. The van der Waals surface area contributed by atoms with Crippen LogP contribution in [-0.4, -0.2) is 27.6 Å². The average molecular weight is 335 g/mol. The monoisotopic (exact) mass is 335 g/mol. The van der Waals surface area contributed by atoms with Gasteiger partial charge in [0.1, 0.15) is 0 Å². The van der Waals surface area contributed by atoms with Gasteiger partial charge in [0.05, 0.1) is 23.0 Å². The van der Waals surface area contributed by atoms with E-state index in [0.717, 1.165) is 17.5 Å². The third-order valence-electron chi connectivity index (χ3n) is 4.80. The number of nitrogens with zero attached hydrogens (tertiary/aromatic N) is 1. The topological polar surface area (TPSA) is 95.1 Å². The number of rotatable bonds is 3. The molecule has 1 aliphatic rings. The van der Waals surface area contributed by atoms with Crippen molar-refractivity contribution in [3.05, 3.63) is 75.8 Å². The number of aromatic amines is 1. The maximum Gasteiger partial charge on any atom is 0.287 e. The zero-order valence-corrected chi connectivity index (χ0v) is 13.5. The van der Waals surface area contributed by atoms with Crippen molar-refractivity contribution < 1.29 is 9.90 Å². The molecule has 0 radical (unpaired) electrons. The highest BCUT2D eigenvalue weighted by Gasteiger charge is 2.39. The zero-order valence-electron chi connectivity index (χ0n) is 13.5. The molecule has 1 unspecified atom stereocenters. The molecule has 0 saturated carbocycles. The van der Waals surface area contributed by atoms with Crippen LogP contribution in [0.1, 0.15) is 28.2 Å². The first-order valence-corrected chi connectivity index (χ1v) is 8.14. The van der Waals surface area contributed by atoms with Crippen LogP contribution in [0.3, 0.4) is 0 Å². The molecule has 1 aliphatic carbocycles. The Hall–Kier alpha value is -2.99. The Morgan fingerprint density at radius 3 is 2.80 bits per heavy atom. The van der Waals surface area contributed by atoms with Crippen LogP contribution >= 0.6 is 0 Å². The van der Waals surface area contributed by atoms with Gasteiger partial charge >= 0.3 is 0 Å². The van der Waals surface area contributed by atoms with Crippen molar-refractivity contribution in [3.8, 4) is 0 Å². The molecule has 3 aromatic rings. The number of hydrogen-bond donors (Lipinski definition) is 3. The summed E-state index contributed by atoms with van der Waals surface area (Å²) in [6.45, 7) is -0.215. The van der Waals surface area contributed by atoms with E-state index >= 15 is 0 Å². The maximum atomic E-state index is 12.7. The second-order valence-corrected chi connectivity index (χ2v) is 6.28. The van der Waals surface area contributed by atoms with Crippen molar-refractivity contribution in [3.63, 3.8) is 0 Å². The van der Waals surface area contributed by atoms with E-state index in [0.29, 0.717) is 17.3 Å². The lowest BCUT2D eigenvalue weighted by Gasteiger charge is -2.29. The molecule has 25 heavy (non-hydrogen) atoms. The minimum Gasteiger partial charge on any atom is -0.394 e. The quantitative estimate of drug-likeness (QED) is 0.676. The van der Waals surface area contributed by atoms with Crippen molar-refractivity contribution >= 4 is 16.8 Å². The van der Waals surface area contributed by atoms with Gasteiger partial charge in [-0.15, -0.1) is 0 Å². The van der Waals surface area contributed by atoms with Crippen LogP contribution < -0.4 is 10.9 Å². The highest BCUT2D eigenvalue weighted by molar-refractivity contribution is 5.93. The summed E-state index contributed by atoms with van der Waals surface area (Å²) in [4.78, 5) is 31.7. The molecular weight excluding hydrogens is 318 g/mol. The summed E-state index contributed by atoms with van der Waals surface area (Å²) in [6, 6.07) is 14.6. The van der Waals surface area contributed by atoms with Crippen LogP contribution in [0.5, 0.6) is 0 Å². The molecule has 1 aromatic heterocycles. The molecule has 2 aromatic carbocycles. The van der Waals surface area contributed by atoms with E-state index in [1.807, 2.05) is 24.3 Å². The van der Waals surface area contributed by atoms with E-state index in [1.165, 1.54) is 0 Å². The first-order valence-electron chi connectivity index (χ1n) is 8.14. The molecule has 1 heterocycles. The number of aliphatic hydroxyl groups excluding tert-OH is 1. The molecule has 126 valence electrons. The predicted molar refractivity (Wildman–Crippen MR) is 93.4 cm³/mol. The Bertz CT molecular complexity index is 1030. The summed E-state index contributed by atoms with van der Waals surface area (Å²) in [5, 5.41) is 13.3. The smallest absolute Gasteiger partial charge is 0.287 e. The van der Waals surface area contributed by atoms with Gasteiger partial charge in [0.25, 0.3) is 11.5 Å². The van der Waals surface area contributed by atoms with Crippen LogP contribution in [0, 0.1) is 0 Å². The summed E-state index contributed by atoms with van der Waals surface area (Å²) < 4.78 is 0. The third-order valence-corrected chi connectivity index (χ3v) is 4.80. The van der Waals surface area contributed by atoms with Gasteiger partial charge in [0, 0.05) is 0 Å². The molecule has 1 amide bonds. The highest BCUT2D eigenvalue weighted by atomic mass is 16.3. The van der Waals surface area contributed by atoms with E-state index in [9.17, 15) is 14.7 Å². The van der Waals surface area contributed by atoms with Crippen LogP contribution in [0.15, 0.2) is 53.3 Å². The van der Waals surface area contributed by atoms with Crippen LogP contribution in [0.25, 0.3) is 10.9 Å². The summed E-state index contributed by atoms with van der Waals surface area (Å²) in [5.41, 5.74) is 1.27. The van der Waals surface area contributed by atoms with Crippen LogP contribution in [0.2, 0.25) is 0 Å². The molecule has 6 heteroatoms. The first kappa shape index (κ1) is 15.5. The van der Waals surface area contributed by atoms with Gasteiger partial charge in [-0.05, 0) is 36.1 Å². The fourth-order valence-electron chi connectivity index (χ4n) is 3.49. The molecule has 0 spiro atoms. The van der Waals surface area contributed by atoms with Gasteiger partial charge in [0.2, 0.25) is 0 Å². The number of aryl methyl sites for hydroxylation is 1. The molecule has 1 atom stereocenters. The number of carbonyl (C=O) groups excluding carboxylic acids is 1. The average Bonchev–Trinajstić information content (AvgIpc) is 3.01. The summed E-state index contributed by atoms with van der Waals surface area (Å²) in [7, 11) is 0. The summed E-state index contributed by atoms with van der Waals surface area (Å²) in [5.74, 6) is -0.561. The number of aliphatic hydroxyl groups is 1. The number of hydrogen-bond acceptors (Lipinski definition) is 4. The number of aromatic nitrogens is 2. The SMILES string of the molecule is O=C(NC1(CO)CCc2ccccc21)c1nc2ccccc2c(=O)[nH]1. The van der Waals surface area contributed by atoms with Crippen molar-refractivity contribution in [2.24, 2.45) is 0 Å². The van der Waals surface area contributed by atoms with E-state index in [1.54, 1.807) is 24.3 Å². The van der Waals surface area contributed by atoms with Gasteiger partial charge in [0.15, 0.2) is 5.82 Å². The Kier molecular flexibility index (Phi) is 3.62. The number of H-pyrrole nitrogens is 1. The lowest BCUT2D eigenvalue weighted by atomic mass is 9.92. The van der Waals surface area contributed by atoms with Gasteiger partial charge in [-0.25, -0.2) is 4.98 Å². The van der Waals surface area contributed by atoms with E-state index in [4.69, 9.17) is 0 Å². The Morgan fingerprint density at radius 2 is 1.96 bits per heavy atom. The number of nitrogens with one attached hydrogen (secondary N) is 2. The molecule has 0 aliphatic heterocycles. The number of carbonyl (C=O) groups is 1. The molecule has 0 bridgehead atoms. The Morgan fingerprint density at radius 1 is 1.20 bits per heavy atom.